The maximum absolute atomic E-state index is 12.8. The highest BCUT2D eigenvalue weighted by Crippen LogP contribution is 2.34. The average Bonchev–Trinajstić information content (AvgIpc) is 3.07. The van der Waals surface area contributed by atoms with Crippen molar-refractivity contribution < 1.29 is 9.59 Å². The van der Waals surface area contributed by atoms with Crippen LogP contribution in [0.5, 0.6) is 0 Å². The topological polar surface area (TPSA) is 128 Å². The van der Waals surface area contributed by atoms with Gasteiger partial charge in [0, 0.05) is 24.1 Å². The van der Waals surface area contributed by atoms with Crippen molar-refractivity contribution in [2.75, 3.05) is 10.6 Å². The first kappa shape index (κ1) is 21.3. The number of carbonyl (C=O) groups is 2. The van der Waals surface area contributed by atoms with Crippen molar-refractivity contribution in [3.8, 4) is 11.4 Å². The van der Waals surface area contributed by atoms with Gasteiger partial charge in [-0.2, -0.15) is 5.10 Å². The van der Waals surface area contributed by atoms with Crippen LogP contribution in [0.3, 0.4) is 0 Å². The molecule has 9 nitrogen and oxygen atoms in total. The number of carbonyl (C=O) groups excluding carboxylic acids is 2. The summed E-state index contributed by atoms with van der Waals surface area (Å²) in [6.45, 7) is 4.25. The van der Waals surface area contributed by atoms with Crippen LogP contribution in [-0.4, -0.2) is 31.6 Å². The fourth-order valence-corrected chi connectivity index (χ4v) is 4.10. The Kier molecular flexibility index (Phi) is 5.29. The minimum absolute atomic E-state index is 0.268. The molecule has 0 bridgehead atoms. The molecule has 0 unspecified atom stereocenters. The van der Waals surface area contributed by atoms with Crippen LogP contribution >= 0.6 is 0 Å². The molecule has 9 heteroatoms. The highest BCUT2D eigenvalue weighted by Gasteiger charge is 2.27. The predicted molar refractivity (Wildman–Crippen MR) is 129 cm³/mol. The molecule has 0 saturated heterocycles. The number of nitrogens with one attached hydrogen (secondary N) is 2. The molecule has 4 aromatic rings. The molecule has 0 radical (unpaired) electrons. The Morgan fingerprint density at radius 2 is 1.94 bits per heavy atom. The number of amides is 2. The molecule has 0 saturated carbocycles. The number of rotatable bonds is 4. The molecule has 1 aromatic carbocycles. The van der Waals surface area contributed by atoms with E-state index < -0.39 is 5.91 Å². The van der Waals surface area contributed by atoms with Crippen molar-refractivity contribution in [2.45, 2.75) is 26.8 Å². The van der Waals surface area contributed by atoms with E-state index in [-0.39, 0.29) is 11.5 Å². The number of hydrogen-bond acceptors (Lipinski definition) is 6. The molecule has 170 valence electrons. The van der Waals surface area contributed by atoms with Gasteiger partial charge in [0.15, 0.2) is 0 Å². The Morgan fingerprint density at radius 1 is 1.12 bits per heavy atom. The van der Waals surface area contributed by atoms with Crippen molar-refractivity contribution in [2.24, 2.45) is 5.73 Å². The second-order valence-corrected chi connectivity index (χ2v) is 8.19. The van der Waals surface area contributed by atoms with Gasteiger partial charge in [0.05, 0.1) is 11.3 Å². The number of hydrogen-bond donors (Lipinski definition) is 3. The maximum Gasteiger partial charge on any atom is 0.258 e. The van der Waals surface area contributed by atoms with Crippen LogP contribution in [0.15, 0.2) is 54.7 Å². The van der Waals surface area contributed by atoms with Gasteiger partial charge in [-0.3, -0.25) is 14.6 Å². The van der Waals surface area contributed by atoms with Gasteiger partial charge in [-0.15, -0.1) is 0 Å². The summed E-state index contributed by atoms with van der Waals surface area (Å²) < 4.78 is 1.75. The number of aryl methyl sites for hydroxylation is 4. The van der Waals surface area contributed by atoms with Gasteiger partial charge in [0.1, 0.15) is 22.9 Å². The van der Waals surface area contributed by atoms with Crippen LogP contribution in [0.1, 0.15) is 37.5 Å². The Hall–Kier alpha value is -4.53. The van der Waals surface area contributed by atoms with Crippen LogP contribution in [-0.2, 0) is 13.0 Å². The van der Waals surface area contributed by atoms with E-state index in [4.69, 9.17) is 5.73 Å². The average molecular weight is 454 g/mol. The van der Waals surface area contributed by atoms with Gasteiger partial charge in [-0.05, 0) is 55.7 Å². The van der Waals surface area contributed by atoms with Gasteiger partial charge < -0.3 is 16.4 Å². The number of nitrogens with two attached hydrogens (primary N) is 1. The summed E-state index contributed by atoms with van der Waals surface area (Å²) in [5.41, 5.74) is 10.8. The van der Waals surface area contributed by atoms with Gasteiger partial charge in [0.25, 0.3) is 11.8 Å². The predicted octanol–water partition coefficient (Wildman–Crippen LogP) is 3.61. The number of fused-ring (bicyclic) bond motifs is 2. The first-order valence-corrected chi connectivity index (χ1v) is 10.9. The SMILES string of the molecule is Cc1cccc(NC(=O)c2cnc(-c3nn4c(c3C(N)=O)Nc3ccccc3CC4)cc2C)n1. The normalized spacial score (nSPS) is 12.2. The Morgan fingerprint density at radius 3 is 2.71 bits per heavy atom. The van der Waals surface area contributed by atoms with E-state index in [1.54, 1.807) is 16.8 Å². The lowest BCUT2D eigenvalue weighted by Gasteiger charge is -2.10. The highest BCUT2D eigenvalue weighted by atomic mass is 16.2. The van der Waals surface area contributed by atoms with Crippen molar-refractivity contribution >= 4 is 29.1 Å². The van der Waals surface area contributed by atoms with Gasteiger partial charge in [-0.1, -0.05) is 24.3 Å². The number of nitrogens with zero attached hydrogens (tertiary/aromatic N) is 4. The highest BCUT2D eigenvalue weighted by molar-refractivity contribution is 6.06. The summed E-state index contributed by atoms with van der Waals surface area (Å²) in [5, 5.41) is 10.8. The van der Waals surface area contributed by atoms with E-state index in [0.717, 1.165) is 23.4 Å². The van der Waals surface area contributed by atoms with E-state index in [0.29, 0.717) is 40.7 Å². The molecule has 0 atom stereocenters. The number of primary amides is 1. The van der Waals surface area contributed by atoms with Gasteiger partial charge >= 0.3 is 0 Å². The Balaban J connectivity index is 1.50. The van der Waals surface area contributed by atoms with Crippen LogP contribution < -0.4 is 16.4 Å². The number of anilines is 3. The summed E-state index contributed by atoms with van der Waals surface area (Å²) in [7, 11) is 0. The fraction of sp³-hybridized carbons (Fsp3) is 0.160. The van der Waals surface area contributed by atoms with Crippen LogP contribution in [0, 0.1) is 13.8 Å². The quantitative estimate of drug-likeness (QED) is 0.433. The van der Waals surface area contributed by atoms with Crippen LogP contribution in [0.2, 0.25) is 0 Å². The summed E-state index contributed by atoms with van der Waals surface area (Å²) in [6, 6.07) is 15.1. The first-order chi connectivity index (χ1) is 16.4. The molecule has 2 amide bonds. The summed E-state index contributed by atoms with van der Waals surface area (Å²) in [6.07, 6.45) is 2.24. The van der Waals surface area contributed by atoms with Crippen molar-refractivity contribution in [1.29, 1.82) is 0 Å². The summed E-state index contributed by atoms with van der Waals surface area (Å²) in [5.74, 6) is 0.0894. The second kappa shape index (κ2) is 8.43. The number of pyridine rings is 2. The molecule has 0 aliphatic carbocycles. The zero-order valence-corrected chi connectivity index (χ0v) is 18.8. The van der Waals surface area contributed by atoms with Gasteiger partial charge in [0.2, 0.25) is 0 Å². The monoisotopic (exact) mass is 453 g/mol. The number of benzene rings is 1. The fourth-order valence-electron chi connectivity index (χ4n) is 4.10. The Labute approximate surface area is 196 Å². The third kappa shape index (κ3) is 3.88. The summed E-state index contributed by atoms with van der Waals surface area (Å²) in [4.78, 5) is 34.0. The second-order valence-electron chi connectivity index (χ2n) is 8.19. The lowest BCUT2D eigenvalue weighted by molar-refractivity contribution is 0.0998. The molecule has 4 heterocycles. The third-order valence-electron chi connectivity index (χ3n) is 5.79. The van der Waals surface area contributed by atoms with Crippen LogP contribution in [0.4, 0.5) is 17.3 Å². The zero-order chi connectivity index (χ0) is 23.8. The lowest BCUT2D eigenvalue weighted by atomic mass is 10.1. The maximum atomic E-state index is 12.8. The first-order valence-electron chi connectivity index (χ1n) is 10.9. The van der Waals surface area contributed by atoms with Crippen molar-refractivity contribution in [3.63, 3.8) is 0 Å². The van der Waals surface area contributed by atoms with Gasteiger partial charge in [-0.25, -0.2) is 9.67 Å². The minimum atomic E-state index is -0.602. The largest absolute Gasteiger partial charge is 0.365 e. The molecule has 5 rings (SSSR count). The van der Waals surface area contributed by atoms with E-state index in [1.807, 2.05) is 50.2 Å². The number of para-hydroxylation sites is 1. The molecular formula is C25H23N7O2. The Bertz CT molecular complexity index is 1440. The third-order valence-corrected chi connectivity index (χ3v) is 5.79. The van der Waals surface area contributed by atoms with E-state index in [1.165, 1.54) is 6.20 Å². The molecule has 4 N–H and O–H groups in total. The van der Waals surface area contributed by atoms with E-state index in [9.17, 15) is 9.59 Å². The standard InChI is InChI=1S/C25H23N7O2/c1-14-12-19(27-13-17(14)25(34)30-20-9-5-6-15(2)28-20)22-21(23(26)33)24-29-18-8-4-3-7-16(18)10-11-32(24)31-22/h3-9,12-13,29H,10-11H2,1-2H3,(H2,26,33)(H,28,30,34). The van der Waals surface area contributed by atoms with Crippen LogP contribution in [0.25, 0.3) is 11.4 Å². The van der Waals surface area contributed by atoms with Crippen molar-refractivity contribution in [1.82, 2.24) is 19.7 Å². The summed E-state index contributed by atoms with van der Waals surface area (Å²) >= 11 is 0. The molecule has 3 aromatic heterocycles. The molecule has 0 fully saturated rings. The molecular weight excluding hydrogens is 430 g/mol. The molecule has 1 aliphatic rings. The number of aromatic nitrogens is 4. The minimum Gasteiger partial charge on any atom is -0.365 e. The lowest BCUT2D eigenvalue weighted by Crippen LogP contribution is -2.16. The zero-order valence-electron chi connectivity index (χ0n) is 18.8. The molecule has 34 heavy (non-hydrogen) atoms. The van der Waals surface area contributed by atoms with E-state index in [2.05, 4.69) is 25.7 Å². The smallest absolute Gasteiger partial charge is 0.258 e. The van der Waals surface area contributed by atoms with E-state index >= 15 is 0 Å². The van der Waals surface area contributed by atoms with Crippen molar-refractivity contribution in [3.05, 3.63) is 82.7 Å². The molecule has 1 aliphatic heterocycles. The molecule has 0 spiro atoms.